The molecule has 0 spiro atoms. The van der Waals surface area contributed by atoms with E-state index in [-0.39, 0.29) is 0 Å². The molecule has 0 saturated heterocycles. The van der Waals surface area contributed by atoms with Crippen LogP contribution in [0.1, 0.15) is 116 Å². The summed E-state index contributed by atoms with van der Waals surface area (Å²) in [5.41, 5.74) is -1.88. The molecule has 0 bridgehead atoms. The predicted molar refractivity (Wildman–Crippen MR) is 112 cm³/mol. The van der Waals surface area contributed by atoms with Gasteiger partial charge in [0, 0.05) is 24.7 Å². The SMILES string of the molecule is OC1(C2CCCCC2(O)OOC2(O)CCCCC2C2(O)CCCCC2)CCCCC1. The second-order valence-electron chi connectivity index (χ2n) is 10.8. The molecule has 4 aliphatic carbocycles. The maximum absolute atomic E-state index is 11.5. The Morgan fingerprint density at radius 3 is 1.13 bits per heavy atom. The van der Waals surface area contributed by atoms with E-state index < -0.39 is 34.6 Å². The molecule has 0 aromatic carbocycles. The number of rotatable bonds is 5. The molecule has 4 fully saturated rings. The van der Waals surface area contributed by atoms with Gasteiger partial charge in [-0.3, -0.25) is 0 Å². The monoisotopic (exact) mass is 426 g/mol. The second kappa shape index (κ2) is 8.95. The fourth-order valence-electron chi connectivity index (χ4n) is 7.00. The van der Waals surface area contributed by atoms with Gasteiger partial charge in [-0.25, -0.2) is 0 Å². The molecule has 6 nitrogen and oxygen atoms in total. The summed E-state index contributed by atoms with van der Waals surface area (Å²) in [6, 6.07) is 0. The summed E-state index contributed by atoms with van der Waals surface area (Å²) in [5.74, 6) is -4.03. The fraction of sp³-hybridized carbons (Fsp3) is 1.00. The molecule has 4 atom stereocenters. The van der Waals surface area contributed by atoms with Gasteiger partial charge in [-0.1, -0.05) is 51.4 Å². The van der Waals surface area contributed by atoms with Gasteiger partial charge in [0.1, 0.15) is 0 Å². The average Bonchev–Trinajstić information content (AvgIpc) is 2.74. The van der Waals surface area contributed by atoms with Crippen LogP contribution in [-0.4, -0.2) is 43.2 Å². The second-order valence-corrected chi connectivity index (χ2v) is 10.8. The minimum absolute atomic E-state index is 0.394. The van der Waals surface area contributed by atoms with Crippen molar-refractivity contribution in [3.63, 3.8) is 0 Å². The van der Waals surface area contributed by atoms with E-state index in [0.717, 1.165) is 64.2 Å². The first-order valence-corrected chi connectivity index (χ1v) is 12.6. The van der Waals surface area contributed by atoms with Crippen LogP contribution in [0.15, 0.2) is 0 Å². The Morgan fingerprint density at radius 1 is 0.433 bits per heavy atom. The van der Waals surface area contributed by atoms with Crippen LogP contribution >= 0.6 is 0 Å². The highest BCUT2D eigenvalue weighted by Gasteiger charge is 2.56. The lowest BCUT2D eigenvalue weighted by atomic mass is 9.67. The first-order chi connectivity index (χ1) is 14.3. The standard InChI is InChI=1S/C24H42O6/c25-21(13-5-1-6-14-21)19-11-3-9-17-23(19,27)29-30-24(28)18-10-4-12-20(24)22(26)15-7-2-8-16-22/h19-20,25-28H,1-18H2. The molecular formula is C24H42O6. The van der Waals surface area contributed by atoms with Gasteiger partial charge in [0.2, 0.25) is 11.6 Å². The molecule has 0 radical (unpaired) electrons. The van der Waals surface area contributed by atoms with Gasteiger partial charge in [0.15, 0.2) is 0 Å². The minimum atomic E-state index is -1.60. The van der Waals surface area contributed by atoms with Crippen LogP contribution in [0.2, 0.25) is 0 Å². The van der Waals surface area contributed by atoms with Crippen molar-refractivity contribution in [2.24, 2.45) is 11.8 Å². The summed E-state index contributed by atoms with van der Waals surface area (Å²) in [6.07, 6.45) is 14.5. The lowest BCUT2D eigenvalue weighted by molar-refractivity contribution is -0.527. The smallest absolute Gasteiger partial charge is 0.204 e. The van der Waals surface area contributed by atoms with E-state index in [9.17, 15) is 20.4 Å². The van der Waals surface area contributed by atoms with E-state index in [1.54, 1.807) is 0 Å². The third-order valence-corrected chi connectivity index (χ3v) is 8.71. The van der Waals surface area contributed by atoms with E-state index in [1.165, 1.54) is 0 Å². The zero-order valence-electron chi connectivity index (χ0n) is 18.5. The Morgan fingerprint density at radius 2 is 0.767 bits per heavy atom. The highest BCUT2D eigenvalue weighted by atomic mass is 17.2. The lowest BCUT2D eigenvalue weighted by Crippen LogP contribution is -2.59. The highest BCUT2D eigenvalue weighted by Crippen LogP contribution is 2.50. The van der Waals surface area contributed by atoms with Gasteiger partial charge in [-0.05, 0) is 51.4 Å². The Balaban J connectivity index is 1.50. The molecular weight excluding hydrogens is 384 g/mol. The highest BCUT2D eigenvalue weighted by molar-refractivity contribution is 4.99. The fourth-order valence-corrected chi connectivity index (χ4v) is 7.00. The number of aliphatic hydroxyl groups is 4. The lowest BCUT2D eigenvalue weighted by Gasteiger charge is -2.51. The van der Waals surface area contributed by atoms with Crippen LogP contribution in [0.3, 0.4) is 0 Å². The van der Waals surface area contributed by atoms with Crippen LogP contribution < -0.4 is 0 Å². The summed E-state index contributed by atoms with van der Waals surface area (Å²) in [4.78, 5) is 11.5. The summed E-state index contributed by atoms with van der Waals surface area (Å²) in [7, 11) is 0. The minimum Gasteiger partial charge on any atom is -0.389 e. The quantitative estimate of drug-likeness (QED) is 0.300. The summed E-state index contributed by atoms with van der Waals surface area (Å²) >= 11 is 0. The Hall–Kier alpha value is -0.240. The first kappa shape index (κ1) is 22.9. The molecule has 0 aromatic rings. The van der Waals surface area contributed by atoms with E-state index >= 15 is 0 Å². The van der Waals surface area contributed by atoms with Crippen LogP contribution in [0.25, 0.3) is 0 Å². The molecule has 0 aromatic heterocycles. The normalized spacial score (nSPS) is 42.0. The van der Waals surface area contributed by atoms with E-state index in [0.29, 0.717) is 51.4 Å². The summed E-state index contributed by atoms with van der Waals surface area (Å²) in [5, 5.41) is 45.6. The summed E-state index contributed by atoms with van der Waals surface area (Å²) < 4.78 is 0. The Bertz CT molecular complexity index is 520. The third-order valence-electron chi connectivity index (χ3n) is 8.71. The third kappa shape index (κ3) is 4.46. The number of hydrogen-bond donors (Lipinski definition) is 4. The van der Waals surface area contributed by atoms with E-state index in [4.69, 9.17) is 9.78 Å². The maximum atomic E-state index is 11.5. The molecule has 0 aliphatic heterocycles. The van der Waals surface area contributed by atoms with Crippen molar-refractivity contribution in [3.05, 3.63) is 0 Å². The topological polar surface area (TPSA) is 99.4 Å². The van der Waals surface area contributed by atoms with Gasteiger partial charge >= 0.3 is 0 Å². The molecule has 4 rings (SSSR count). The first-order valence-electron chi connectivity index (χ1n) is 12.6. The van der Waals surface area contributed by atoms with Gasteiger partial charge < -0.3 is 20.4 Å². The average molecular weight is 427 g/mol. The van der Waals surface area contributed by atoms with E-state index in [2.05, 4.69) is 0 Å². The van der Waals surface area contributed by atoms with Crippen molar-refractivity contribution in [1.29, 1.82) is 0 Å². The zero-order valence-corrected chi connectivity index (χ0v) is 18.5. The molecule has 174 valence electrons. The van der Waals surface area contributed by atoms with Crippen LogP contribution in [0.5, 0.6) is 0 Å². The molecule has 4 unspecified atom stereocenters. The van der Waals surface area contributed by atoms with Crippen molar-refractivity contribution in [3.8, 4) is 0 Å². The van der Waals surface area contributed by atoms with Gasteiger partial charge in [-0.2, -0.15) is 9.78 Å². The molecule has 0 amide bonds. The predicted octanol–water partition coefficient (Wildman–Crippen LogP) is 4.08. The van der Waals surface area contributed by atoms with Gasteiger partial charge in [0.05, 0.1) is 11.2 Å². The largest absolute Gasteiger partial charge is 0.389 e. The van der Waals surface area contributed by atoms with Crippen LogP contribution in [0, 0.1) is 11.8 Å². The Labute approximate surface area is 180 Å². The molecule has 6 heteroatoms. The maximum Gasteiger partial charge on any atom is 0.204 e. The van der Waals surface area contributed by atoms with Crippen molar-refractivity contribution in [1.82, 2.24) is 0 Å². The van der Waals surface area contributed by atoms with Gasteiger partial charge in [-0.15, -0.1) is 0 Å². The molecule has 4 saturated carbocycles. The summed E-state index contributed by atoms with van der Waals surface area (Å²) in [6.45, 7) is 0. The zero-order chi connectivity index (χ0) is 21.3. The van der Waals surface area contributed by atoms with Crippen molar-refractivity contribution in [2.45, 2.75) is 138 Å². The molecule has 30 heavy (non-hydrogen) atoms. The number of hydrogen-bond acceptors (Lipinski definition) is 6. The molecule has 0 heterocycles. The van der Waals surface area contributed by atoms with Crippen LogP contribution in [0.4, 0.5) is 0 Å². The van der Waals surface area contributed by atoms with Crippen molar-refractivity contribution >= 4 is 0 Å². The van der Waals surface area contributed by atoms with Crippen molar-refractivity contribution < 1.29 is 30.2 Å². The van der Waals surface area contributed by atoms with Gasteiger partial charge in [0.25, 0.3) is 0 Å². The molecule has 4 N–H and O–H groups in total. The molecule has 4 aliphatic rings. The van der Waals surface area contributed by atoms with Crippen LogP contribution in [-0.2, 0) is 9.78 Å². The Kier molecular flexibility index (Phi) is 6.84. The van der Waals surface area contributed by atoms with E-state index in [1.807, 2.05) is 0 Å². The van der Waals surface area contributed by atoms with Crippen molar-refractivity contribution in [2.75, 3.05) is 0 Å².